The number of phenolic OH excluding ortho intramolecular Hbond substituents is 1. The van der Waals surface area contributed by atoms with Gasteiger partial charge in [-0.15, -0.1) is 0 Å². The lowest BCUT2D eigenvalue weighted by Crippen LogP contribution is -2.55. The average Bonchev–Trinajstić information content (AvgIpc) is 3.08. The van der Waals surface area contributed by atoms with Crippen molar-refractivity contribution in [3.63, 3.8) is 0 Å². The number of fused-ring (bicyclic) bond motifs is 1. The molecule has 5 N–H and O–H groups in total. The van der Waals surface area contributed by atoms with Crippen molar-refractivity contribution in [2.24, 2.45) is 0 Å². The predicted octanol–water partition coefficient (Wildman–Crippen LogP) is 1.56. The Bertz CT molecular complexity index is 1000. The fraction of sp³-hybridized carbons (Fsp3) is 0.333. The summed E-state index contributed by atoms with van der Waals surface area (Å²) in [7, 11) is 0. The lowest BCUT2D eigenvalue weighted by Gasteiger charge is -2.40. The van der Waals surface area contributed by atoms with Crippen LogP contribution in [0, 0.1) is 0 Å². The number of aromatic nitrogens is 1. The first-order valence-electron chi connectivity index (χ1n) is 9.26. The first-order valence-corrected chi connectivity index (χ1v) is 9.64. The summed E-state index contributed by atoms with van der Waals surface area (Å²) in [4.78, 5) is 0. The van der Waals surface area contributed by atoms with E-state index >= 15 is 0 Å². The van der Waals surface area contributed by atoms with Crippen LogP contribution in [0.1, 0.15) is 17.2 Å². The average molecular weight is 420 g/mol. The topological polar surface area (TPSA) is 115 Å². The number of benzene rings is 2. The van der Waals surface area contributed by atoms with Gasteiger partial charge >= 0.3 is 0 Å². The zero-order valence-electron chi connectivity index (χ0n) is 15.4. The van der Waals surface area contributed by atoms with E-state index in [1.165, 1.54) is 0 Å². The van der Waals surface area contributed by atoms with Crippen molar-refractivity contribution in [1.29, 1.82) is 0 Å². The van der Waals surface area contributed by atoms with Gasteiger partial charge in [0.15, 0.2) is 0 Å². The summed E-state index contributed by atoms with van der Waals surface area (Å²) in [6, 6.07) is 12.2. The van der Waals surface area contributed by atoms with E-state index in [9.17, 15) is 25.5 Å². The molecule has 0 amide bonds. The summed E-state index contributed by atoms with van der Waals surface area (Å²) < 4.78 is 7.65. The van der Waals surface area contributed by atoms with Gasteiger partial charge in [0.1, 0.15) is 36.3 Å². The molecule has 0 aliphatic carbocycles. The number of phenols is 1. The molecular formula is C21H22ClNO6. The molecule has 2 aromatic carbocycles. The van der Waals surface area contributed by atoms with Crippen LogP contribution in [0.25, 0.3) is 10.9 Å². The normalized spacial score (nSPS) is 27.4. The second-order valence-corrected chi connectivity index (χ2v) is 7.67. The lowest BCUT2D eigenvalue weighted by molar-refractivity contribution is -0.231. The number of ether oxygens (including phenoxy) is 1. The third-order valence-electron chi connectivity index (χ3n) is 5.37. The van der Waals surface area contributed by atoms with Gasteiger partial charge in [-0.2, -0.15) is 0 Å². The van der Waals surface area contributed by atoms with Gasteiger partial charge in [0.25, 0.3) is 0 Å². The van der Waals surface area contributed by atoms with Gasteiger partial charge in [-0.3, -0.25) is 0 Å². The van der Waals surface area contributed by atoms with Crippen LogP contribution < -0.4 is 0 Å². The van der Waals surface area contributed by atoms with Gasteiger partial charge in [0, 0.05) is 23.7 Å². The number of rotatable bonds is 4. The third kappa shape index (κ3) is 3.61. The Labute approximate surface area is 172 Å². The maximum absolute atomic E-state index is 10.5. The molecule has 7 nitrogen and oxygen atoms in total. The summed E-state index contributed by atoms with van der Waals surface area (Å²) in [5.41, 5.74) is 2.26. The highest BCUT2D eigenvalue weighted by atomic mass is 35.5. The molecule has 2 heterocycles. The van der Waals surface area contributed by atoms with E-state index in [2.05, 4.69) is 0 Å². The largest absolute Gasteiger partial charge is 0.508 e. The number of hydrogen-bond acceptors (Lipinski definition) is 6. The van der Waals surface area contributed by atoms with Gasteiger partial charge in [0.2, 0.25) is 0 Å². The molecule has 1 fully saturated rings. The van der Waals surface area contributed by atoms with E-state index in [-0.39, 0.29) is 5.75 Å². The molecular weight excluding hydrogens is 398 g/mol. The lowest BCUT2D eigenvalue weighted by atomic mass is 9.91. The summed E-state index contributed by atoms with van der Waals surface area (Å²) in [6.07, 6.45) is -4.41. The minimum Gasteiger partial charge on any atom is -0.508 e. The van der Waals surface area contributed by atoms with Crippen LogP contribution in [-0.4, -0.2) is 61.1 Å². The Morgan fingerprint density at radius 3 is 2.38 bits per heavy atom. The Kier molecular flexibility index (Phi) is 5.52. The summed E-state index contributed by atoms with van der Waals surface area (Å²) in [6.45, 7) is -0.0354. The van der Waals surface area contributed by atoms with E-state index < -0.39 is 37.1 Å². The molecule has 0 spiro atoms. The first-order chi connectivity index (χ1) is 13.9. The van der Waals surface area contributed by atoms with Crippen molar-refractivity contribution in [3.05, 3.63) is 64.8 Å². The predicted molar refractivity (Wildman–Crippen MR) is 107 cm³/mol. The van der Waals surface area contributed by atoms with E-state index in [0.717, 1.165) is 16.5 Å². The molecule has 5 atom stereocenters. The van der Waals surface area contributed by atoms with Crippen molar-refractivity contribution < 1.29 is 30.3 Å². The van der Waals surface area contributed by atoms with E-state index in [1.807, 2.05) is 10.6 Å². The van der Waals surface area contributed by atoms with Crippen LogP contribution in [-0.2, 0) is 11.3 Å². The zero-order valence-corrected chi connectivity index (χ0v) is 16.1. The van der Waals surface area contributed by atoms with Crippen molar-refractivity contribution in [2.75, 3.05) is 6.61 Å². The van der Waals surface area contributed by atoms with Crippen molar-refractivity contribution in [2.45, 2.75) is 37.1 Å². The van der Waals surface area contributed by atoms with Crippen molar-refractivity contribution in [1.82, 2.24) is 4.57 Å². The highest BCUT2D eigenvalue weighted by Gasteiger charge is 2.44. The molecule has 0 bridgehead atoms. The minimum absolute atomic E-state index is 0.172. The first kappa shape index (κ1) is 20.2. The quantitative estimate of drug-likeness (QED) is 0.438. The third-order valence-corrected chi connectivity index (χ3v) is 5.67. The van der Waals surface area contributed by atoms with Crippen LogP contribution in [0.2, 0.25) is 5.02 Å². The smallest absolute Gasteiger partial charge is 0.115 e. The van der Waals surface area contributed by atoms with E-state index in [0.29, 0.717) is 17.1 Å². The molecule has 1 aliphatic heterocycles. The van der Waals surface area contributed by atoms with E-state index in [4.69, 9.17) is 16.3 Å². The number of aromatic hydroxyl groups is 1. The molecule has 0 saturated carbocycles. The highest BCUT2D eigenvalue weighted by Crippen LogP contribution is 2.39. The number of aliphatic hydroxyl groups excluding tert-OH is 4. The van der Waals surface area contributed by atoms with Gasteiger partial charge in [-0.05, 0) is 23.8 Å². The van der Waals surface area contributed by atoms with Crippen LogP contribution in [0.15, 0.2) is 48.7 Å². The van der Waals surface area contributed by atoms with Gasteiger partial charge in [-0.25, -0.2) is 0 Å². The zero-order chi connectivity index (χ0) is 20.7. The molecule has 3 aromatic rings. The molecule has 4 rings (SSSR count). The summed E-state index contributed by atoms with van der Waals surface area (Å²) in [5.74, 6) is 0.172. The molecule has 1 aliphatic rings. The molecule has 8 heteroatoms. The van der Waals surface area contributed by atoms with Gasteiger partial charge < -0.3 is 34.8 Å². The fourth-order valence-corrected chi connectivity index (χ4v) is 4.13. The van der Waals surface area contributed by atoms with Gasteiger partial charge in [-0.1, -0.05) is 35.9 Å². The minimum atomic E-state index is -1.46. The molecule has 154 valence electrons. The maximum Gasteiger partial charge on any atom is 0.115 e. The standard InChI is InChI=1S/C21H22ClNO6/c22-15-3-1-2-13-14(21-20(28)19(27)18(26)16(10-24)29-21)9-23(17(13)15)8-11-4-6-12(25)7-5-11/h1-7,9,16,18-21,24-28H,8,10H2/t16-,18-,19+,20-,21+/m1/s1. The van der Waals surface area contributed by atoms with Crippen molar-refractivity contribution >= 4 is 22.5 Å². The number of hydrogen-bond donors (Lipinski definition) is 5. The Morgan fingerprint density at radius 2 is 1.69 bits per heavy atom. The van der Waals surface area contributed by atoms with Crippen LogP contribution >= 0.6 is 11.6 Å². The van der Waals surface area contributed by atoms with Crippen LogP contribution in [0.4, 0.5) is 0 Å². The number of nitrogens with zero attached hydrogens (tertiary/aromatic N) is 1. The summed E-state index contributed by atoms with van der Waals surface area (Å²) >= 11 is 6.46. The van der Waals surface area contributed by atoms with Crippen molar-refractivity contribution in [3.8, 4) is 5.75 Å². The molecule has 0 unspecified atom stereocenters. The number of aliphatic hydroxyl groups is 4. The van der Waals surface area contributed by atoms with Gasteiger partial charge in [0.05, 0.1) is 17.1 Å². The van der Waals surface area contributed by atoms with Crippen LogP contribution in [0.3, 0.4) is 0 Å². The highest BCUT2D eigenvalue weighted by molar-refractivity contribution is 6.35. The van der Waals surface area contributed by atoms with Crippen LogP contribution in [0.5, 0.6) is 5.75 Å². The SMILES string of the molecule is OC[C@H]1O[C@@H](c2cn(Cc3ccc(O)cc3)c3c(Cl)cccc23)[C@H](O)[C@@H](O)[C@@H]1O. The Hall–Kier alpha value is -2.13. The number of para-hydroxylation sites is 1. The molecule has 0 radical (unpaired) electrons. The second kappa shape index (κ2) is 7.95. The molecule has 1 aromatic heterocycles. The summed E-state index contributed by atoms with van der Waals surface area (Å²) in [5, 5.41) is 51.0. The van der Waals surface area contributed by atoms with E-state index in [1.54, 1.807) is 42.6 Å². The number of halogens is 1. The molecule has 29 heavy (non-hydrogen) atoms. The second-order valence-electron chi connectivity index (χ2n) is 7.26. The monoisotopic (exact) mass is 419 g/mol. The molecule has 1 saturated heterocycles. The maximum atomic E-state index is 10.5. The Balaban J connectivity index is 1.79. The Morgan fingerprint density at radius 1 is 0.966 bits per heavy atom. The fourth-order valence-electron chi connectivity index (χ4n) is 3.85.